The van der Waals surface area contributed by atoms with Crippen LogP contribution in [0.2, 0.25) is 0 Å². The Morgan fingerprint density at radius 1 is 0.500 bits per heavy atom. The van der Waals surface area contributed by atoms with E-state index < -0.39 is 0 Å². The average Bonchev–Trinajstić information content (AvgIpc) is 3.47. The van der Waals surface area contributed by atoms with Gasteiger partial charge in [-0.2, -0.15) is 0 Å². The lowest BCUT2D eigenvalue weighted by molar-refractivity contribution is 0.669. The number of para-hydroxylation sites is 1. The van der Waals surface area contributed by atoms with Crippen molar-refractivity contribution < 1.29 is 5.84 Å². The van der Waals surface area contributed by atoms with Crippen molar-refractivity contribution in [1.29, 1.82) is 0 Å². The number of benzene rings is 6. The van der Waals surface area contributed by atoms with Crippen LogP contribution in [-0.4, -0.2) is 4.98 Å². The molecular weight excluding hydrogens is 414 g/mol. The Bertz CT molecular complexity index is 2080. The van der Waals surface area contributed by atoms with Crippen LogP contribution in [0.4, 0.5) is 0 Å². The summed E-state index contributed by atoms with van der Waals surface area (Å²) >= 11 is 0. The van der Waals surface area contributed by atoms with E-state index in [0.717, 1.165) is 16.6 Å². The first kappa shape index (κ1) is 17.9. The largest absolute Gasteiger partial charge is 0.456 e. The number of hydrogen-bond donors (Lipinski definition) is 1. The summed E-state index contributed by atoms with van der Waals surface area (Å²) in [6.45, 7) is 0. The number of furan rings is 1. The van der Waals surface area contributed by atoms with Gasteiger partial charge in [-0.05, 0) is 39.9 Å². The summed E-state index contributed by atoms with van der Waals surface area (Å²) in [5.41, 5.74) is 6.61. The highest BCUT2D eigenvalue weighted by atomic mass is 16.3. The molecule has 2 heterocycles. The second kappa shape index (κ2) is 6.49. The maximum Gasteiger partial charge on any atom is 0.136 e. The number of fused-ring (bicyclic) bond motifs is 10. The maximum absolute atomic E-state index is 6.23. The third-order valence-electron chi connectivity index (χ3n) is 7.20. The van der Waals surface area contributed by atoms with Crippen molar-refractivity contribution in [2.45, 2.75) is 0 Å². The minimum atomic E-state index is 0. The fourth-order valence-electron chi connectivity index (χ4n) is 5.62. The smallest absolute Gasteiger partial charge is 0.136 e. The maximum atomic E-state index is 6.23. The standard InChI is InChI=1S/C32H19NO.H2/c1-3-8-22-19(6-1)13-17-29-30(22)27-18-21(14-16-28(27)34-29)24-10-5-11-25-26-15-12-20-7-2-4-9-23(20)31(26)33-32(24)25;/h1-18,33H;1H. The van der Waals surface area contributed by atoms with Crippen molar-refractivity contribution in [1.82, 2.24) is 4.98 Å². The molecule has 34 heavy (non-hydrogen) atoms. The molecule has 0 amide bonds. The summed E-state index contributed by atoms with van der Waals surface area (Å²) in [7, 11) is 0. The fraction of sp³-hybridized carbons (Fsp3) is 0. The van der Waals surface area contributed by atoms with Gasteiger partial charge in [0.25, 0.3) is 0 Å². The zero-order valence-electron chi connectivity index (χ0n) is 18.3. The quantitative estimate of drug-likeness (QED) is 0.273. The van der Waals surface area contributed by atoms with Crippen LogP contribution in [0.25, 0.3) is 76.4 Å². The molecule has 0 aliphatic heterocycles. The van der Waals surface area contributed by atoms with Gasteiger partial charge in [-0.1, -0.05) is 91.0 Å². The number of nitrogens with one attached hydrogen (secondary N) is 1. The second-order valence-electron chi connectivity index (χ2n) is 9.04. The van der Waals surface area contributed by atoms with Crippen LogP contribution in [0, 0.1) is 0 Å². The average molecular weight is 436 g/mol. The summed E-state index contributed by atoms with van der Waals surface area (Å²) in [5.74, 6) is 0. The van der Waals surface area contributed by atoms with E-state index >= 15 is 0 Å². The molecule has 0 spiro atoms. The van der Waals surface area contributed by atoms with Gasteiger partial charge in [-0.25, -0.2) is 0 Å². The highest BCUT2D eigenvalue weighted by Gasteiger charge is 2.15. The van der Waals surface area contributed by atoms with Crippen LogP contribution in [0.5, 0.6) is 0 Å². The summed E-state index contributed by atoms with van der Waals surface area (Å²) < 4.78 is 6.23. The van der Waals surface area contributed by atoms with E-state index in [1.54, 1.807) is 0 Å². The zero-order valence-corrected chi connectivity index (χ0v) is 18.3. The first-order valence-electron chi connectivity index (χ1n) is 11.6. The molecule has 0 radical (unpaired) electrons. The molecule has 8 aromatic rings. The summed E-state index contributed by atoms with van der Waals surface area (Å²) in [6.07, 6.45) is 0. The van der Waals surface area contributed by atoms with E-state index in [0.29, 0.717) is 0 Å². The van der Waals surface area contributed by atoms with Crippen molar-refractivity contribution in [2.75, 3.05) is 0 Å². The SMILES string of the molecule is [HH].c1ccc2c(c1)ccc1c3cccc(-c4ccc5oc6ccc7ccccc7c6c5c4)c3[nH]c21. The zero-order chi connectivity index (χ0) is 22.2. The first-order chi connectivity index (χ1) is 16.8. The highest BCUT2D eigenvalue weighted by Crippen LogP contribution is 2.40. The third-order valence-corrected chi connectivity index (χ3v) is 7.20. The number of H-pyrrole nitrogens is 1. The van der Waals surface area contributed by atoms with E-state index in [-0.39, 0.29) is 1.43 Å². The topological polar surface area (TPSA) is 28.9 Å². The monoisotopic (exact) mass is 435 g/mol. The van der Waals surface area contributed by atoms with Crippen molar-refractivity contribution >= 4 is 65.3 Å². The lowest BCUT2D eigenvalue weighted by atomic mass is 9.98. The minimum absolute atomic E-state index is 0. The van der Waals surface area contributed by atoms with Gasteiger partial charge in [0.15, 0.2) is 0 Å². The van der Waals surface area contributed by atoms with Gasteiger partial charge >= 0.3 is 0 Å². The van der Waals surface area contributed by atoms with Crippen molar-refractivity contribution in [3.8, 4) is 11.1 Å². The molecule has 160 valence electrons. The molecule has 0 unspecified atom stereocenters. The van der Waals surface area contributed by atoms with E-state index in [9.17, 15) is 0 Å². The Hall–Kier alpha value is -4.56. The van der Waals surface area contributed by atoms with Crippen molar-refractivity contribution in [3.63, 3.8) is 0 Å². The number of aromatic nitrogens is 1. The molecule has 0 saturated carbocycles. The van der Waals surface area contributed by atoms with Crippen molar-refractivity contribution in [2.24, 2.45) is 0 Å². The Labute approximate surface area is 196 Å². The van der Waals surface area contributed by atoms with E-state index in [2.05, 4.69) is 114 Å². The molecular formula is C32H21NO. The summed E-state index contributed by atoms with van der Waals surface area (Å²) in [4.78, 5) is 3.77. The Kier molecular flexibility index (Phi) is 3.42. The van der Waals surface area contributed by atoms with Crippen LogP contribution >= 0.6 is 0 Å². The minimum Gasteiger partial charge on any atom is -0.456 e. The molecule has 0 saturated heterocycles. The third kappa shape index (κ3) is 2.35. The molecule has 0 aliphatic rings. The molecule has 8 rings (SSSR count). The van der Waals surface area contributed by atoms with Gasteiger partial charge in [0.1, 0.15) is 11.2 Å². The van der Waals surface area contributed by atoms with Gasteiger partial charge < -0.3 is 9.40 Å². The van der Waals surface area contributed by atoms with Crippen LogP contribution < -0.4 is 0 Å². The number of rotatable bonds is 1. The lowest BCUT2D eigenvalue weighted by Gasteiger charge is -2.05. The predicted molar refractivity (Wildman–Crippen MR) is 146 cm³/mol. The van der Waals surface area contributed by atoms with Crippen LogP contribution in [0.3, 0.4) is 0 Å². The Morgan fingerprint density at radius 2 is 1.21 bits per heavy atom. The molecule has 1 N–H and O–H groups in total. The van der Waals surface area contributed by atoms with Gasteiger partial charge in [-0.15, -0.1) is 0 Å². The Morgan fingerprint density at radius 3 is 2.12 bits per heavy atom. The molecule has 0 bridgehead atoms. The van der Waals surface area contributed by atoms with Gasteiger partial charge in [-0.3, -0.25) is 0 Å². The van der Waals surface area contributed by atoms with E-state index in [1.165, 1.54) is 59.9 Å². The number of aromatic amines is 1. The molecule has 6 aromatic carbocycles. The van der Waals surface area contributed by atoms with Gasteiger partial charge in [0, 0.05) is 33.9 Å². The van der Waals surface area contributed by atoms with Crippen LogP contribution in [0.1, 0.15) is 1.43 Å². The molecule has 0 aliphatic carbocycles. The van der Waals surface area contributed by atoms with Gasteiger partial charge in [0.05, 0.1) is 11.0 Å². The Balaban J connectivity index is 0.00000210. The molecule has 0 atom stereocenters. The van der Waals surface area contributed by atoms with Crippen LogP contribution in [0.15, 0.2) is 114 Å². The normalized spacial score (nSPS) is 12.1. The molecule has 2 heteroatoms. The molecule has 2 aromatic heterocycles. The summed E-state index contributed by atoms with van der Waals surface area (Å²) in [5, 5.41) is 9.81. The molecule has 0 fully saturated rings. The predicted octanol–water partition coefficient (Wildman–Crippen LogP) is 9.44. The fourth-order valence-corrected chi connectivity index (χ4v) is 5.62. The lowest BCUT2D eigenvalue weighted by Crippen LogP contribution is -1.81. The second-order valence-corrected chi connectivity index (χ2v) is 9.04. The highest BCUT2D eigenvalue weighted by molar-refractivity contribution is 6.21. The van der Waals surface area contributed by atoms with E-state index in [4.69, 9.17) is 4.42 Å². The molecule has 2 nitrogen and oxygen atoms in total. The van der Waals surface area contributed by atoms with E-state index in [1.807, 2.05) is 0 Å². The van der Waals surface area contributed by atoms with Gasteiger partial charge in [0.2, 0.25) is 0 Å². The first-order valence-corrected chi connectivity index (χ1v) is 11.6. The van der Waals surface area contributed by atoms with Crippen LogP contribution in [-0.2, 0) is 0 Å². The van der Waals surface area contributed by atoms with Crippen molar-refractivity contribution in [3.05, 3.63) is 109 Å². The summed E-state index contributed by atoms with van der Waals surface area (Å²) in [6, 6.07) is 38.9. The number of hydrogen-bond acceptors (Lipinski definition) is 1.